The number of piperidine rings is 1. The van der Waals surface area contributed by atoms with Crippen molar-refractivity contribution in [3.63, 3.8) is 0 Å². The van der Waals surface area contributed by atoms with Gasteiger partial charge in [-0.1, -0.05) is 22.0 Å². The molecule has 0 saturated carbocycles. The maximum absolute atomic E-state index is 13.9. The van der Waals surface area contributed by atoms with Crippen LogP contribution in [0.5, 0.6) is 0 Å². The fourth-order valence-corrected chi connectivity index (χ4v) is 5.31. The summed E-state index contributed by atoms with van der Waals surface area (Å²) in [6, 6.07) is 11.2. The van der Waals surface area contributed by atoms with E-state index in [9.17, 15) is 17.2 Å². The lowest BCUT2D eigenvalue weighted by Crippen LogP contribution is -2.35. The molecule has 0 amide bonds. The normalized spacial score (nSPS) is 15.9. The molecule has 0 aliphatic carbocycles. The molecule has 1 aliphatic heterocycles. The van der Waals surface area contributed by atoms with Crippen LogP contribution in [0.3, 0.4) is 0 Å². The number of halogens is 3. The summed E-state index contributed by atoms with van der Waals surface area (Å²) in [5.74, 6) is 0. The monoisotopic (exact) mass is 483 g/mol. The Labute approximate surface area is 176 Å². The summed E-state index contributed by atoms with van der Waals surface area (Å²) >= 11 is 3.27. The predicted molar refractivity (Wildman–Crippen MR) is 113 cm³/mol. The molecule has 2 aromatic carbocycles. The number of rotatable bonds is 5. The highest BCUT2D eigenvalue weighted by molar-refractivity contribution is 9.10. The van der Waals surface area contributed by atoms with Crippen molar-refractivity contribution >= 4 is 42.5 Å². The van der Waals surface area contributed by atoms with Gasteiger partial charge in [0.25, 0.3) is 16.4 Å². The van der Waals surface area contributed by atoms with E-state index in [4.69, 9.17) is 0 Å². The van der Waals surface area contributed by atoms with Gasteiger partial charge in [0.2, 0.25) is 0 Å². The van der Waals surface area contributed by atoms with Crippen LogP contribution in [0.1, 0.15) is 24.8 Å². The zero-order valence-corrected chi connectivity index (χ0v) is 17.8. The van der Waals surface area contributed by atoms with Gasteiger partial charge in [-0.2, -0.15) is 0 Å². The topological polar surface area (TPSA) is 63.1 Å². The van der Waals surface area contributed by atoms with Gasteiger partial charge in [0.15, 0.2) is 0 Å². The summed E-state index contributed by atoms with van der Waals surface area (Å²) in [7, 11) is -4.02. The van der Waals surface area contributed by atoms with Crippen molar-refractivity contribution in [1.82, 2.24) is 9.29 Å². The third-order valence-electron chi connectivity index (χ3n) is 5.13. The Kier molecular flexibility index (Phi) is 5.63. The molecule has 2 N–H and O–H groups in total. The van der Waals surface area contributed by atoms with E-state index in [-0.39, 0.29) is 27.4 Å². The van der Waals surface area contributed by atoms with Crippen LogP contribution in [0.2, 0.25) is 0 Å². The molecule has 0 unspecified atom stereocenters. The fraction of sp³-hybridized carbons (Fsp3) is 0.300. The first kappa shape index (κ1) is 20.3. The van der Waals surface area contributed by atoms with E-state index in [1.807, 2.05) is 0 Å². The molecule has 29 heavy (non-hydrogen) atoms. The van der Waals surface area contributed by atoms with E-state index in [0.717, 1.165) is 40.6 Å². The summed E-state index contributed by atoms with van der Waals surface area (Å²) in [4.78, 5) is 0.0372. The second kappa shape index (κ2) is 8.04. The molecule has 0 radical (unpaired) electrons. The summed E-state index contributed by atoms with van der Waals surface area (Å²) in [6.07, 6.45) is -0.00784. The first-order valence-electron chi connectivity index (χ1n) is 9.28. The Morgan fingerprint density at radius 1 is 1.10 bits per heavy atom. The number of nitrogens with one attached hydrogen (secondary N) is 2. The molecule has 1 aromatic heterocycles. The van der Waals surface area contributed by atoms with Crippen molar-refractivity contribution in [1.29, 1.82) is 0 Å². The first-order chi connectivity index (χ1) is 13.9. The SMILES string of the molecule is O=S(=O)(c1ccc(Br)cc1)n1cc(C(F)F)c2c(NC3CCNCC3)cccc21. The summed E-state index contributed by atoms with van der Waals surface area (Å²) in [5, 5.41) is 6.86. The first-order valence-corrected chi connectivity index (χ1v) is 11.5. The lowest BCUT2D eigenvalue weighted by atomic mass is 10.0. The lowest BCUT2D eigenvalue weighted by molar-refractivity contribution is 0.153. The molecule has 1 fully saturated rings. The van der Waals surface area contributed by atoms with Crippen LogP contribution < -0.4 is 10.6 Å². The molecule has 1 saturated heterocycles. The third-order valence-corrected chi connectivity index (χ3v) is 7.35. The van der Waals surface area contributed by atoms with Crippen molar-refractivity contribution in [2.75, 3.05) is 18.4 Å². The quantitative estimate of drug-likeness (QED) is 0.549. The van der Waals surface area contributed by atoms with Crippen LogP contribution in [0, 0.1) is 0 Å². The number of nitrogens with zero attached hydrogens (tertiary/aromatic N) is 1. The van der Waals surface area contributed by atoms with E-state index in [2.05, 4.69) is 26.6 Å². The smallest absolute Gasteiger partial charge is 0.268 e. The molecule has 0 spiro atoms. The Balaban J connectivity index is 1.85. The highest BCUT2D eigenvalue weighted by atomic mass is 79.9. The summed E-state index contributed by atoms with van der Waals surface area (Å²) in [5.41, 5.74) is 0.481. The number of anilines is 1. The average molecular weight is 484 g/mol. The highest BCUT2D eigenvalue weighted by Crippen LogP contribution is 2.37. The molecule has 1 aliphatic rings. The molecule has 9 heteroatoms. The molecule has 154 valence electrons. The fourth-order valence-electron chi connectivity index (χ4n) is 3.68. The summed E-state index contributed by atoms with van der Waals surface area (Å²) < 4.78 is 55.8. The van der Waals surface area contributed by atoms with Crippen LogP contribution in [0.15, 0.2) is 58.0 Å². The predicted octanol–water partition coefficient (Wildman–Crippen LogP) is 4.74. The maximum atomic E-state index is 13.9. The number of fused-ring (bicyclic) bond motifs is 1. The Morgan fingerprint density at radius 2 is 1.79 bits per heavy atom. The number of aromatic nitrogens is 1. The van der Waals surface area contributed by atoms with E-state index >= 15 is 0 Å². The van der Waals surface area contributed by atoms with Gasteiger partial charge in [-0.15, -0.1) is 0 Å². The minimum absolute atomic E-state index is 0.0372. The minimum Gasteiger partial charge on any atom is -0.382 e. The Hall–Kier alpha value is -1.97. The zero-order valence-electron chi connectivity index (χ0n) is 15.4. The molecule has 4 rings (SSSR count). The molecular weight excluding hydrogens is 464 g/mol. The minimum atomic E-state index is -4.02. The van der Waals surface area contributed by atoms with Crippen molar-refractivity contribution < 1.29 is 17.2 Å². The molecule has 5 nitrogen and oxygen atoms in total. The van der Waals surface area contributed by atoms with Gasteiger partial charge < -0.3 is 10.6 Å². The van der Waals surface area contributed by atoms with Gasteiger partial charge in [0, 0.05) is 33.3 Å². The van der Waals surface area contributed by atoms with Gasteiger partial charge in [-0.25, -0.2) is 21.2 Å². The van der Waals surface area contributed by atoms with E-state index in [1.165, 1.54) is 12.1 Å². The Bertz CT molecular complexity index is 1120. The van der Waals surface area contributed by atoms with Crippen molar-refractivity contribution in [2.45, 2.75) is 30.2 Å². The van der Waals surface area contributed by atoms with Gasteiger partial charge >= 0.3 is 0 Å². The number of benzene rings is 2. The number of alkyl halides is 2. The second-order valence-corrected chi connectivity index (χ2v) is 9.74. The van der Waals surface area contributed by atoms with Crippen LogP contribution in [-0.4, -0.2) is 31.5 Å². The standard InChI is InChI=1S/C20H20BrF2N3O2S/c21-13-4-6-15(7-5-13)29(27,28)26-12-16(20(22)23)19-17(2-1-3-18(19)26)25-14-8-10-24-11-9-14/h1-7,12,14,20,24-25H,8-11H2. The summed E-state index contributed by atoms with van der Waals surface area (Å²) in [6.45, 7) is 1.71. The van der Waals surface area contributed by atoms with E-state index in [1.54, 1.807) is 30.3 Å². The largest absolute Gasteiger partial charge is 0.382 e. The van der Waals surface area contributed by atoms with Crippen LogP contribution in [0.25, 0.3) is 10.9 Å². The van der Waals surface area contributed by atoms with Crippen LogP contribution in [0.4, 0.5) is 14.5 Å². The average Bonchev–Trinajstić information content (AvgIpc) is 3.11. The van der Waals surface area contributed by atoms with Gasteiger partial charge in [-0.05, 0) is 62.3 Å². The number of hydrogen-bond donors (Lipinski definition) is 2. The molecule has 2 heterocycles. The molecule has 3 aromatic rings. The Morgan fingerprint density at radius 3 is 2.45 bits per heavy atom. The van der Waals surface area contributed by atoms with Crippen molar-refractivity contribution in [3.05, 3.63) is 58.7 Å². The van der Waals surface area contributed by atoms with Crippen LogP contribution >= 0.6 is 15.9 Å². The van der Waals surface area contributed by atoms with Gasteiger partial charge in [0.1, 0.15) is 0 Å². The van der Waals surface area contributed by atoms with E-state index < -0.39 is 16.4 Å². The van der Waals surface area contributed by atoms with Crippen molar-refractivity contribution in [2.24, 2.45) is 0 Å². The molecule has 0 bridgehead atoms. The number of hydrogen-bond acceptors (Lipinski definition) is 4. The van der Waals surface area contributed by atoms with Gasteiger partial charge in [0.05, 0.1) is 10.4 Å². The molecule has 0 atom stereocenters. The van der Waals surface area contributed by atoms with E-state index in [0.29, 0.717) is 5.69 Å². The third kappa shape index (κ3) is 3.91. The van der Waals surface area contributed by atoms with Crippen molar-refractivity contribution in [3.8, 4) is 0 Å². The lowest BCUT2D eigenvalue weighted by Gasteiger charge is -2.25. The van der Waals surface area contributed by atoms with Gasteiger partial charge in [-0.3, -0.25) is 0 Å². The highest BCUT2D eigenvalue weighted by Gasteiger charge is 2.26. The molecular formula is C20H20BrF2N3O2S. The second-order valence-electron chi connectivity index (χ2n) is 7.01. The van der Waals surface area contributed by atoms with Crippen LogP contribution in [-0.2, 0) is 10.0 Å². The maximum Gasteiger partial charge on any atom is 0.268 e. The zero-order chi connectivity index (χ0) is 20.6.